The van der Waals surface area contributed by atoms with Gasteiger partial charge < -0.3 is 9.80 Å². The van der Waals surface area contributed by atoms with E-state index in [1.807, 2.05) is 35.2 Å². The number of nitrogens with zero attached hydrogens (tertiary/aromatic N) is 3. The van der Waals surface area contributed by atoms with Crippen LogP contribution in [0.4, 0.5) is 10.5 Å². The summed E-state index contributed by atoms with van der Waals surface area (Å²) < 4.78 is 0. The molecular formula is C30H30N4O3S. The molecule has 0 unspecified atom stereocenters. The van der Waals surface area contributed by atoms with Crippen LogP contribution in [-0.2, 0) is 9.59 Å². The predicted molar refractivity (Wildman–Crippen MR) is 154 cm³/mol. The van der Waals surface area contributed by atoms with Crippen molar-refractivity contribution in [1.82, 2.24) is 15.2 Å². The van der Waals surface area contributed by atoms with Gasteiger partial charge in [0.15, 0.2) is 0 Å². The van der Waals surface area contributed by atoms with Crippen molar-refractivity contribution in [1.29, 1.82) is 0 Å². The van der Waals surface area contributed by atoms with E-state index in [1.54, 1.807) is 18.3 Å². The van der Waals surface area contributed by atoms with Gasteiger partial charge in [0.1, 0.15) is 0 Å². The van der Waals surface area contributed by atoms with Gasteiger partial charge in [0.05, 0.1) is 10.4 Å². The van der Waals surface area contributed by atoms with Crippen LogP contribution >= 0.6 is 11.8 Å². The van der Waals surface area contributed by atoms with Crippen LogP contribution in [0, 0.1) is 0 Å². The van der Waals surface area contributed by atoms with Crippen molar-refractivity contribution in [3.63, 3.8) is 0 Å². The molecule has 38 heavy (non-hydrogen) atoms. The number of allylic oxidation sites excluding steroid dienone is 1. The highest BCUT2D eigenvalue weighted by Crippen LogP contribution is 2.32. The zero-order valence-corrected chi connectivity index (χ0v) is 22.2. The normalized spacial score (nSPS) is 17.1. The van der Waals surface area contributed by atoms with Gasteiger partial charge in [0.25, 0.3) is 11.1 Å². The van der Waals surface area contributed by atoms with Crippen LogP contribution in [0.15, 0.2) is 71.8 Å². The molecule has 0 aliphatic carbocycles. The number of unbranched alkanes of at least 4 members (excludes halogenated alkanes) is 2. The number of aromatic nitrogens is 1. The first-order valence-electron chi connectivity index (χ1n) is 13.0. The molecule has 0 saturated carbocycles. The molecule has 1 aromatic heterocycles. The molecule has 3 heterocycles. The third-order valence-electron chi connectivity index (χ3n) is 6.82. The van der Waals surface area contributed by atoms with Gasteiger partial charge in [-0.1, -0.05) is 44.0 Å². The Labute approximate surface area is 226 Å². The topological polar surface area (TPSA) is 82.6 Å². The van der Waals surface area contributed by atoms with E-state index < -0.39 is 0 Å². The summed E-state index contributed by atoms with van der Waals surface area (Å²) in [7, 11) is 0. The van der Waals surface area contributed by atoms with Crippen LogP contribution in [0.3, 0.4) is 0 Å². The van der Waals surface area contributed by atoms with Crippen molar-refractivity contribution in [2.75, 3.05) is 31.1 Å². The Bertz CT molecular complexity index is 1420. The minimum absolute atomic E-state index is 0.106. The Morgan fingerprint density at radius 3 is 2.55 bits per heavy atom. The van der Waals surface area contributed by atoms with E-state index in [0.717, 1.165) is 77.4 Å². The molecule has 2 fully saturated rings. The van der Waals surface area contributed by atoms with Gasteiger partial charge in [-0.3, -0.25) is 24.7 Å². The minimum Gasteiger partial charge on any atom is -0.368 e. The molecule has 0 bridgehead atoms. The molecule has 0 spiro atoms. The first-order valence-corrected chi connectivity index (χ1v) is 13.8. The van der Waals surface area contributed by atoms with Crippen molar-refractivity contribution in [2.45, 2.75) is 26.2 Å². The van der Waals surface area contributed by atoms with Gasteiger partial charge in [0, 0.05) is 43.4 Å². The molecule has 5 rings (SSSR count). The van der Waals surface area contributed by atoms with E-state index in [-0.39, 0.29) is 17.1 Å². The highest BCUT2D eigenvalue weighted by Gasteiger charge is 2.25. The number of thioether (sulfide) groups is 1. The summed E-state index contributed by atoms with van der Waals surface area (Å²) >= 11 is 0.912. The van der Waals surface area contributed by atoms with E-state index in [4.69, 9.17) is 0 Å². The summed E-state index contributed by atoms with van der Waals surface area (Å²) in [5.74, 6) is -0.259. The average Bonchev–Trinajstić information content (AvgIpc) is 3.26. The lowest BCUT2D eigenvalue weighted by Crippen LogP contribution is -2.48. The van der Waals surface area contributed by atoms with Crippen molar-refractivity contribution in [3.05, 3.63) is 77.3 Å². The summed E-state index contributed by atoms with van der Waals surface area (Å²) in [6, 6.07) is 16.3. The maximum Gasteiger partial charge on any atom is 0.290 e. The van der Waals surface area contributed by atoms with Crippen molar-refractivity contribution in [3.8, 4) is 11.1 Å². The van der Waals surface area contributed by atoms with Gasteiger partial charge in [-0.15, -0.1) is 0 Å². The predicted octanol–water partition coefficient (Wildman–Crippen LogP) is 5.62. The number of anilines is 1. The fraction of sp³-hybridized carbons (Fsp3) is 0.267. The molecule has 194 valence electrons. The zero-order valence-electron chi connectivity index (χ0n) is 21.4. The molecule has 2 aromatic carbocycles. The first kappa shape index (κ1) is 25.7. The number of imide groups is 1. The Hall–Kier alpha value is -3.91. The van der Waals surface area contributed by atoms with Crippen LogP contribution in [0.25, 0.3) is 28.1 Å². The zero-order chi connectivity index (χ0) is 26.5. The number of benzene rings is 2. The second-order valence-corrected chi connectivity index (χ2v) is 10.4. The number of fused-ring (bicyclic) bond motifs is 1. The molecule has 2 aliphatic heterocycles. The highest BCUT2D eigenvalue weighted by molar-refractivity contribution is 8.18. The Balaban J connectivity index is 1.29. The molecule has 3 amide bonds. The van der Waals surface area contributed by atoms with Gasteiger partial charge in [-0.2, -0.15) is 0 Å². The average molecular weight is 527 g/mol. The van der Waals surface area contributed by atoms with Gasteiger partial charge in [-0.25, -0.2) is 0 Å². The van der Waals surface area contributed by atoms with E-state index in [2.05, 4.69) is 46.4 Å². The summed E-state index contributed by atoms with van der Waals surface area (Å²) in [5.41, 5.74) is 4.95. The van der Waals surface area contributed by atoms with Crippen molar-refractivity contribution >= 4 is 51.5 Å². The van der Waals surface area contributed by atoms with E-state index in [1.165, 1.54) is 0 Å². The fourth-order valence-corrected chi connectivity index (χ4v) is 5.41. The number of hydrogen-bond donors (Lipinski definition) is 1. The third kappa shape index (κ3) is 5.81. The molecule has 8 heteroatoms. The molecule has 2 aliphatic rings. The van der Waals surface area contributed by atoms with Crippen LogP contribution in [-0.4, -0.2) is 53.1 Å². The van der Waals surface area contributed by atoms with E-state index in [9.17, 15) is 14.4 Å². The second-order valence-electron chi connectivity index (χ2n) is 9.39. The monoisotopic (exact) mass is 526 g/mol. The van der Waals surface area contributed by atoms with E-state index in [0.29, 0.717) is 18.0 Å². The first-order chi connectivity index (χ1) is 18.5. The second kappa shape index (κ2) is 11.6. The molecular weight excluding hydrogens is 496 g/mol. The van der Waals surface area contributed by atoms with Crippen molar-refractivity contribution < 1.29 is 14.4 Å². The van der Waals surface area contributed by atoms with E-state index >= 15 is 0 Å². The molecule has 0 atom stereocenters. The number of pyridine rings is 1. The van der Waals surface area contributed by atoms with Gasteiger partial charge in [0.2, 0.25) is 5.91 Å². The van der Waals surface area contributed by atoms with Crippen LogP contribution in [0.5, 0.6) is 0 Å². The summed E-state index contributed by atoms with van der Waals surface area (Å²) in [6.45, 7) is 5.19. The summed E-state index contributed by atoms with van der Waals surface area (Å²) in [4.78, 5) is 45.0. The standard InChI is InChI=1S/C30H30N4O3S/c1-2-3-4-5-6-28(35)34-17-15-33(16-18-34)23-10-8-22(9-11-23)24-13-14-31-26-12-7-21(19-25(24)26)20-27-29(36)32-30(37)38-27/h5-14,19-20H,2-4,15-18H2,1H3,(H,32,36,37). The van der Waals surface area contributed by atoms with Gasteiger partial charge >= 0.3 is 0 Å². The van der Waals surface area contributed by atoms with Crippen LogP contribution in [0.1, 0.15) is 31.7 Å². The fourth-order valence-electron chi connectivity index (χ4n) is 4.73. The molecule has 3 aromatic rings. The summed E-state index contributed by atoms with van der Waals surface area (Å²) in [5, 5.41) is 2.92. The molecule has 0 radical (unpaired) electrons. The van der Waals surface area contributed by atoms with Crippen LogP contribution < -0.4 is 10.2 Å². The smallest absolute Gasteiger partial charge is 0.290 e. The number of carbonyl (C=O) groups excluding carboxylic acids is 3. The number of rotatable bonds is 7. The molecule has 1 N–H and O–H groups in total. The number of piperazine rings is 1. The highest BCUT2D eigenvalue weighted by atomic mass is 32.2. The van der Waals surface area contributed by atoms with Crippen LogP contribution in [0.2, 0.25) is 0 Å². The van der Waals surface area contributed by atoms with Gasteiger partial charge in [-0.05, 0) is 77.4 Å². The Kier molecular flexibility index (Phi) is 7.89. The number of nitrogens with one attached hydrogen (secondary N) is 1. The Morgan fingerprint density at radius 1 is 1.05 bits per heavy atom. The lowest BCUT2D eigenvalue weighted by molar-refractivity contribution is -0.126. The number of carbonyl (C=O) groups is 3. The summed E-state index contributed by atoms with van der Waals surface area (Å²) in [6.07, 6.45) is 10.5. The Morgan fingerprint density at radius 2 is 1.84 bits per heavy atom. The molecule has 7 nitrogen and oxygen atoms in total. The maximum atomic E-state index is 12.4. The lowest BCUT2D eigenvalue weighted by Gasteiger charge is -2.35. The largest absolute Gasteiger partial charge is 0.368 e. The number of amides is 3. The molecule has 2 saturated heterocycles. The quantitative estimate of drug-likeness (QED) is 0.318. The maximum absolute atomic E-state index is 12.4. The number of hydrogen-bond acceptors (Lipinski definition) is 6. The third-order valence-corrected chi connectivity index (χ3v) is 7.64. The SMILES string of the molecule is CCCCC=CC(=O)N1CCN(c2ccc(-c3ccnc4ccc(C=C5SC(=O)NC5=O)cc34)cc2)CC1. The van der Waals surface area contributed by atoms with Crippen molar-refractivity contribution in [2.24, 2.45) is 0 Å². The lowest BCUT2D eigenvalue weighted by atomic mass is 9.99. The minimum atomic E-state index is -0.365.